The summed E-state index contributed by atoms with van der Waals surface area (Å²) in [5.74, 6) is 0.231. The number of aliphatic hydroxyl groups excluding tert-OH is 1. The minimum atomic E-state index is -3.65. The van der Waals surface area contributed by atoms with Crippen molar-refractivity contribution in [2.24, 2.45) is 0 Å². The van der Waals surface area contributed by atoms with Crippen LogP contribution in [-0.4, -0.2) is 44.1 Å². The number of furan rings is 1. The highest BCUT2D eigenvalue weighted by molar-refractivity contribution is 7.89. The van der Waals surface area contributed by atoms with Crippen molar-refractivity contribution in [2.45, 2.75) is 25.5 Å². The Morgan fingerprint density at radius 3 is 2.61 bits per heavy atom. The van der Waals surface area contributed by atoms with E-state index in [2.05, 4.69) is 0 Å². The first-order chi connectivity index (χ1) is 8.56. The number of hydrogen-bond acceptors (Lipinski definition) is 5. The molecule has 0 aliphatic rings. The molecule has 7 heteroatoms. The molecule has 0 aliphatic carbocycles. The fourth-order valence-electron chi connectivity index (χ4n) is 1.47. The van der Waals surface area contributed by atoms with Crippen molar-refractivity contribution < 1.29 is 22.7 Å². The van der Waals surface area contributed by atoms with Crippen LogP contribution in [0, 0.1) is 0 Å². The van der Waals surface area contributed by atoms with Crippen molar-refractivity contribution in [3.8, 4) is 0 Å². The largest absolute Gasteiger partial charge is 0.446 e. The topological polar surface area (TPSA) is 80.0 Å². The maximum Gasteiger partial charge on any atom is 0.276 e. The summed E-state index contributed by atoms with van der Waals surface area (Å²) in [6.45, 7) is 4.79. The second kappa shape index (κ2) is 6.89. The maximum absolute atomic E-state index is 12.2. The van der Waals surface area contributed by atoms with E-state index in [1.807, 2.05) is 6.92 Å². The Morgan fingerprint density at radius 1 is 1.39 bits per heavy atom. The number of nitrogens with zero attached hydrogens (tertiary/aromatic N) is 1. The minimum absolute atomic E-state index is 0.148. The molecule has 0 spiro atoms. The summed E-state index contributed by atoms with van der Waals surface area (Å²) >= 11 is 0. The summed E-state index contributed by atoms with van der Waals surface area (Å²) < 4.78 is 35.9. The third-order valence-corrected chi connectivity index (χ3v) is 4.28. The van der Waals surface area contributed by atoms with Crippen molar-refractivity contribution in [1.29, 1.82) is 0 Å². The Bertz CT molecular complexity index is 454. The number of sulfonamides is 1. The molecule has 0 amide bonds. The summed E-state index contributed by atoms with van der Waals surface area (Å²) in [5, 5.41) is 8.72. The predicted octanol–water partition coefficient (Wildman–Crippen LogP) is 0.819. The lowest BCUT2D eigenvalue weighted by Gasteiger charge is -2.18. The zero-order chi connectivity index (χ0) is 13.6. The van der Waals surface area contributed by atoms with Crippen LogP contribution in [0.15, 0.2) is 21.6 Å². The molecule has 0 bridgehead atoms. The van der Waals surface area contributed by atoms with E-state index in [4.69, 9.17) is 14.3 Å². The molecule has 0 radical (unpaired) electrons. The first kappa shape index (κ1) is 15.2. The number of rotatable bonds is 8. The quantitative estimate of drug-likeness (QED) is 0.712. The second-order valence-electron chi connectivity index (χ2n) is 3.57. The lowest BCUT2D eigenvalue weighted by Crippen LogP contribution is -2.33. The van der Waals surface area contributed by atoms with Gasteiger partial charge >= 0.3 is 0 Å². The van der Waals surface area contributed by atoms with E-state index in [9.17, 15) is 8.42 Å². The number of hydrogen-bond donors (Lipinski definition) is 1. The van der Waals surface area contributed by atoms with E-state index in [1.165, 1.54) is 16.4 Å². The van der Waals surface area contributed by atoms with Crippen LogP contribution >= 0.6 is 0 Å². The number of likely N-dealkylation sites (N-methyl/N-ethyl adjacent to an activating group) is 1. The van der Waals surface area contributed by atoms with Crippen LogP contribution in [0.3, 0.4) is 0 Å². The molecule has 1 rings (SSSR count). The molecule has 1 aromatic heterocycles. The molecule has 6 nitrogen and oxygen atoms in total. The van der Waals surface area contributed by atoms with Crippen molar-refractivity contribution in [3.05, 3.63) is 17.9 Å². The fourth-order valence-corrected chi connectivity index (χ4v) is 2.83. The Kier molecular flexibility index (Phi) is 5.80. The molecule has 1 aromatic rings. The van der Waals surface area contributed by atoms with Crippen LogP contribution in [0.4, 0.5) is 0 Å². The van der Waals surface area contributed by atoms with Gasteiger partial charge in [-0.1, -0.05) is 6.92 Å². The highest BCUT2D eigenvalue weighted by Crippen LogP contribution is 2.18. The molecule has 0 atom stereocenters. The predicted molar refractivity (Wildman–Crippen MR) is 65.6 cm³/mol. The summed E-state index contributed by atoms with van der Waals surface area (Å²) in [4.78, 5) is 0. The lowest BCUT2D eigenvalue weighted by atomic mass is 10.5. The van der Waals surface area contributed by atoms with Gasteiger partial charge in [-0.15, -0.1) is 0 Å². The maximum atomic E-state index is 12.2. The molecule has 0 aromatic carbocycles. The van der Waals surface area contributed by atoms with Gasteiger partial charge < -0.3 is 14.3 Å². The molecule has 0 saturated carbocycles. The van der Waals surface area contributed by atoms with Gasteiger partial charge in [0.1, 0.15) is 12.4 Å². The Labute approximate surface area is 107 Å². The van der Waals surface area contributed by atoms with Crippen molar-refractivity contribution >= 4 is 10.0 Å². The van der Waals surface area contributed by atoms with E-state index < -0.39 is 10.0 Å². The molecule has 18 heavy (non-hydrogen) atoms. The molecule has 1 N–H and O–H groups in total. The van der Waals surface area contributed by atoms with Crippen molar-refractivity contribution in [3.63, 3.8) is 0 Å². The van der Waals surface area contributed by atoms with Crippen molar-refractivity contribution in [1.82, 2.24) is 4.31 Å². The van der Waals surface area contributed by atoms with Gasteiger partial charge in [-0.2, -0.15) is 4.31 Å². The van der Waals surface area contributed by atoms with Gasteiger partial charge in [-0.25, -0.2) is 8.42 Å². The molecule has 1 heterocycles. The molecular formula is C11H19NO5S. The third kappa shape index (κ3) is 3.55. The molecule has 0 unspecified atom stereocenters. The van der Waals surface area contributed by atoms with Gasteiger partial charge in [-0.3, -0.25) is 0 Å². The Morgan fingerprint density at radius 2 is 2.11 bits per heavy atom. The first-order valence-electron chi connectivity index (χ1n) is 5.83. The van der Waals surface area contributed by atoms with E-state index in [1.54, 1.807) is 6.92 Å². The van der Waals surface area contributed by atoms with Gasteiger partial charge in [0.15, 0.2) is 0 Å². The van der Waals surface area contributed by atoms with Crippen LogP contribution in [0.2, 0.25) is 0 Å². The van der Waals surface area contributed by atoms with Crippen LogP contribution < -0.4 is 0 Å². The van der Waals surface area contributed by atoms with E-state index >= 15 is 0 Å². The monoisotopic (exact) mass is 277 g/mol. The average Bonchev–Trinajstić information content (AvgIpc) is 2.83. The Hall–Kier alpha value is -0.890. The summed E-state index contributed by atoms with van der Waals surface area (Å²) in [6, 6.07) is 2.80. The molecule has 104 valence electrons. The summed E-state index contributed by atoms with van der Waals surface area (Å²) in [5.41, 5.74) is 0. The summed E-state index contributed by atoms with van der Waals surface area (Å²) in [6.07, 6.45) is 0. The van der Waals surface area contributed by atoms with E-state index in [0.717, 1.165) is 0 Å². The van der Waals surface area contributed by atoms with Crippen LogP contribution in [-0.2, 0) is 21.4 Å². The van der Waals surface area contributed by atoms with Crippen molar-refractivity contribution in [2.75, 3.05) is 26.3 Å². The average molecular weight is 277 g/mol. The van der Waals surface area contributed by atoms with Gasteiger partial charge in [0.05, 0.1) is 6.61 Å². The molecule has 0 fully saturated rings. The fraction of sp³-hybridized carbons (Fsp3) is 0.636. The van der Waals surface area contributed by atoms with Gasteiger partial charge in [0.25, 0.3) is 10.0 Å². The lowest BCUT2D eigenvalue weighted by molar-refractivity contribution is 0.135. The third-order valence-electron chi connectivity index (χ3n) is 2.43. The standard InChI is InChI=1S/C11H19NO5S/c1-3-12(7-8-16-4-2)18(14,15)11-6-5-10(9-13)17-11/h5-6,13H,3-4,7-9H2,1-2H3. The minimum Gasteiger partial charge on any atom is -0.446 e. The highest BCUT2D eigenvalue weighted by Gasteiger charge is 2.26. The molecular weight excluding hydrogens is 258 g/mol. The first-order valence-corrected chi connectivity index (χ1v) is 7.27. The molecule has 0 aliphatic heterocycles. The number of aliphatic hydroxyl groups is 1. The SMILES string of the molecule is CCOCCN(CC)S(=O)(=O)c1ccc(CO)o1. The van der Waals surface area contributed by atoms with Gasteiger partial charge in [-0.05, 0) is 19.1 Å². The zero-order valence-corrected chi connectivity index (χ0v) is 11.4. The number of ether oxygens (including phenoxy) is 1. The second-order valence-corrected chi connectivity index (χ2v) is 5.44. The molecule has 0 saturated heterocycles. The van der Waals surface area contributed by atoms with E-state index in [0.29, 0.717) is 19.8 Å². The summed E-state index contributed by atoms with van der Waals surface area (Å²) in [7, 11) is -3.65. The zero-order valence-electron chi connectivity index (χ0n) is 10.6. The normalized spacial score (nSPS) is 12.2. The highest BCUT2D eigenvalue weighted by atomic mass is 32.2. The van der Waals surface area contributed by atoms with Gasteiger partial charge in [0.2, 0.25) is 5.09 Å². The van der Waals surface area contributed by atoms with Crippen LogP contribution in [0.5, 0.6) is 0 Å². The van der Waals surface area contributed by atoms with E-state index in [-0.39, 0.29) is 24.0 Å². The Balaban J connectivity index is 2.82. The smallest absolute Gasteiger partial charge is 0.276 e. The van der Waals surface area contributed by atoms with Crippen LogP contribution in [0.1, 0.15) is 19.6 Å². The van der Waals surface area contributed by atoms with Gasteiger partial charge in [0, 0.05) is 19.7 Å². The van der Waals surface area contributed by atoms with Crippen LogP contribution in [0.25, 0.3) is 0 Å².